The van der Waals surface area contributed by atoms with Crippen LogP contribution in [0.15, 0.2) is 33.9 Å². The molecule has 2 aromatic heterocycles. The normalized spacial score (nSPS) is 17.3. The van der Waals surface area contributed by atoms with Crippen molar-refractivity contribution in [2.75, 3.05) is 30.8 Å². The molecule has 5 rings (SSSR count). The van der Waals surface area contributed by atoms with Gasteiger partial charge in [0, 0.05) is 37.5 Å². The molecular formula is C20H21N5O5S. The van der Waals surface area contributed by atoms with Crippen LogP contribution >= 0.6 is 0 Å². The smallest absolute Gasteiger partial charge is 0.407 e. The first-order valence-electron chi connectivity index (χ1n) is 10.0. The van der Waals surface area contributed by atoms with Gasteiger partial charge in [-0.15, -0.1) is 0 Å². The highest BCUT2D eigenvalue weighted by Gasteiger charge is 2.31. The van der Waals surface area contributed by atoms with E-state index in [1.54, 1.807) is 18.2 Å². The van der Waals surface area contributed by atoms with Crippen molar-refractivity contribution in [2.45, 2.75) is 30.1 Å². The SMILES string of the molecule is CS(=O)(=O)c1ccc2c(c1)CCN2c1ncnc2c(C3CCN(C(=O)O)CC3)noc12. The van der Waals surface area contributed by atoms with E-state index in [1.807, 2.05) is 4.90 Å². The van der Waals surface area contributed by atoms with Crippen molar-refractivity contribution in [1.82, 2.24) is 20.0 Å². The van der Waals surface area contributed by atoms with E-state index in [2.05, 4.69) is 15.1 Å². The maximum absolute atomic E-state index is 11.9. The fraction of sp³-hybridized carbons (Fsp3) is 0.400. The molecule has 1 amide bonds. The first-order chi connectivity index (χ1) is 14.8. The summed E-state index contributed by atoms with van der Waals surface area (Å²) in [5.74, 6) is 0.667. The molecule has 0 unspecified atom stereocenters. The van der Waals surface area contributed by atoms with Crippen molar-refractivity contribution in [2.24, 2.45) is 0 Å². The van der Waals surface area contributed by atoms with E-state index < -0.39 is 15.9 Å². The number of amides is 1. The summed E-state index contributed by atoms with van der Waals surface area (Å²) < 4.78 is 29.4. The highest BCUT2D eigenvalue weighted by Crippen LogP contribution is 2.39. The lowest BCUT2D eigenvalue weighted by molar-refractivity contribution is 0.131. The summed E-state index contributed by atoms with van der Waals surface area (Å²) in [6.07, 6.45) is 3.79. The molecule has 3 aromatic rings. The average molecular weight is 443 g/mol. The van der Waals surface area contributed by atoms with Gasteiger partial charge in [-0.3, -0.25) is 0 Å². The topological polar surface area (TPSA) is 130 Å². The number of fused-ring (bicyclic) bond motifs is 2. The predicted octanol–water partition coefficient (Wildman–Crippen LogP) is 2.57. The van der Waals surface area contributed by atoms with Crippen molar-refractivity contribution < 1.29 is 22.8 Å². The van der Waals surface area contributed by atoms with Gasteiger partial charge in [0.05, 0.1) is 4.90 Å². The zero-order valence-electron chi connectivity index (χ0n) is 16.9. The van der Waals surface area contributed by atoms with Gasteiger partial charge in [0.2, 0.25) is 5.58 Å². The van der Waals surface area contributed by atoms with Crippen LogP contribution in [0, 0.1) is 0 Å². The Bertz CT molecular complexity index is 1280. The number of piperidine rings is 1. The summed E-state index contributed by atoms with van der Waals surface area (Å²) in [5.41, 5.74) is 3.68. The molecule has 2 aliphatic rings. The fourth-order valence-corrected chi connectivity index (χ4v) is 5.07. The van der Waals surface area contributed by atoms with E-state index >= 15 is 0 Å². The lowest BCUT2D eigenvalue weighted by atomic mass is 9.93. The number of likely N-dealkylation sites (tertiary alicyclic amines) is 1. The quantitative estimate of drug-likeness (QED) is 0.649. The number of rotatable bonds is 3. The van der Waals surface area contributed by atoms with Crippen LogP contribution in [0.1, 0.15) is 30.0 Å². The predicted molar refractivity (Wildman–Crippen MR) is 111 cm³/mol. The van der Waals surface area contributed by atoms with E-state index in [0.29, 0.717) is 60.7 Å². The van der Waals surface area contributed by atoms with Crippen LogP contribution in [0.2, 0.25) is 0 Å². The second-order valence-corrected chi connectivity index (χ2v) is 9.97. The van der Waals surface area contributed by atoms with Gasteiger partial charge in [0.15, 0.2) is 15.7 Å². The maximum atomic E-state index is 11.9. The summed E-state index contributed by atoms with van der Waals surface area (Å²) in [5, 5.41) is 13.4. The highest BCUT2D eigenvalue weighted by atomic mass is 32.2. The van der Waals surface area contributed by atoms with Crippen LogP contribution in [0.5, 0.6) is 0 Å². The van der Waals surface area contributed by atoms with Crippen molar-refractivity contribution in [3.8, 4) is 0 Å². The second kappa shape index (κ2) is 7.19. The zero-order chi connectivity index (χ0) is 21.8. The van der Waals surface area contributed by atoms with E-state index in [-0.39, 0.29) is 5.92 Å². The summed E-state index contributed by atoms with van der Waals surface area (Å²) >= 11 is 0. The van der Waals surface area contributed by atoms with Gasteiger partial charge < -0.3 is 19.4 Å². The first-order valence-corrected chi connectivity index (χ1v) is 11.9. The number of hydrogen-bond donors (Lipinski definition) is 1. The highest BCUT2D eigenvalue weighted by molar-refractivity contribution is 7.90. The molecular weight excluding hydrogens is 422 g/mol. The van der Waals surface area contributed by atoms with Crippen LogP contribution in [0.4, 0.5) is 16.3 Å². The third kappa shape index (κ3) is 3.38. The standard InChI is InChI=1S/C20H21N5O5S/c1-31(28,29)14-2-3-15-13(10-14)6-9-25(15)19-18-17(21-11-22-19)16(23-30-18)12-4-7-24(8-5-12)20(26)27/h2-3,10-12H,4-9H2,1H3,(H,26,27). The lowest BCUT2D eigenvalue weighted by Crippen LogP contribution is -2.36. The monoisotopic (exact) mass is 443 g/mol. The first kappa shape index (κ1) is 19.7. The Morgan fingerprint density at radius 1 is 1.19 bits per heavy atom. The molecule has 0 bridgehead atoms. The Morgan fingerprint density at radius 2 is 1.97 bits per heavy atom. The van der Waals surface area contributed by atoms with Gasteiger partial charge in [-0.1, -0.05) is 5.16 Å². The van der Waals surface area contributed by atoms with Crippen LogP contribution in [-0.2, 0) is 16.3 Å². The van der Waals surface area contributed by atoms with E-state index in [9.17, 15) is 13.2 Å². The van der Waals surface area contributed by atoms with Gasteiger partial charge >= 0.3 is 6.09 Å². The molecule has 1 aromatic carbocycles. The Balaban J connectivity index is 1.48. The fourth-order valence-electron chi connectivity index (χ4n) is 4.40. The number of carbonyl (C=O) groups is 1. The number of anilines is 2. The second-order valence-electron chi connectivity index (χ2n) is 7.95. The number of carboxylic acid groups (broad SMARTS) is 1. The van der Waals surface area contributed by atoms with Crippen molar-refractivity contribution in [1.29, 1.82) is 0 Å². The zero-order valence-corrected chi connectivity index (χ0v) is 17.7. The number of nitrogens with zero attached hydrogens (tertiary/aromatic N) is 5. The van der Waals surface area contributed by atoms with E-state index in [4.69, 9.17) is 9.63 Å². The molecule has 0 atom stereocenters. The molecule has 0 saturated carbocycles. The van der Waals surface area contributed by atoms with Crippen molar-refractivity contribution in [3.63, 3.8) is 0 Å². The third-order valence-electron chi connectivity index (χ3n) is 6.05. The van der Waals surface area contributed by atoms with Gasteiger partial charge in [-0.25, -0.2) is 23.2 Å². The van der Waals surface area contributed by atoms with Crippen molar-refractivity contribution in [3.05, 3.63) is 35.8 Å². The number of hydrogen-bond acceptors (Lipinski definition) is 8. The number of aromatic nitrogens is 3. The molecule has 10 nitrogen and oxygen atoms in total. The molecule has 1 N–H and O–H groups in total. The molecule has 0 spiro atoms. The molecule has 162 valence electrons. The van der Waals surface area contributed by atoms with Gasteiger partial charge in [0.25, 0.3) is 0 Å². The van der Waals surface area contributed by atoms with Crippen LogP contribution in [0.25, 0.3) is 11.1 Å². The Labute approximate surface area is 178 Å². The Morgan fingerprint density at radius 3 is 2.68 bits per heavy atom. The Kier molecular flexibility index (Phi) is 4.58. The molecule has 1 fully saturated rings. The molecule has 2 aliphatic heterocycles. The summed E-state index contributed by atoms with van der Waals surface area (Å²) in [7, 11) is -3.27. The summed E-state index contributed by atoms with van der Waals surface area (Å²) in [6, 6.07) is 5.11. The minimum absolute atomic E-state index is 0.0720. The maximum Gasteiger partial charge on any atom is 0.407 e. The molecule has 0 aliphatic carbocycles. The van der Waals surface area contributed by atoms with Crippen LogP contribution in [0.3, 0.4) is 0 Å². The minimum atomic E-state index is -3.27. The molecule has 1 saturated heterocycles. The van der Waals surface area contributed by atoms with Gasteiger partial charge in [0.1, 0.15) is 17.5 Å². The van der Waals surface area contributed by atoms with Gasteiger partial charge in [-0.05, 0) is 43.0 Å². The third-order valence-corrected chi connectivity index (χ3v) is 7.16. The summed E-state index contributed by atoms with van der Waals surface area (Å²) in [4.78, 5) is 23.7. The average Bonchev–Trinajstić information content (AvgIpc) is 3.37. The summed E-state index contributed by atoms with van der Waals surface area (Å²) in [6.45, 7) is 1.55. The van der Waals surface area contributed by atoms with E-state index in [0.717, 1.165) is 16.9 Å². The van der Waals surface area contributed by atoms with E-state index in [1.165, 1.54) is 17.5 Å². The minimum Gasteiger partial charge on any atom is -0.465 e. The number of sulfone groups is 1. The van der Waals surface area contributed by atoms with Gasteiger partial charge in [-0.2, -0.15) is 0 Å². The van der Waals surface area contributed by atoms with Crippen molar-refractivity contribution >= 4 is 38.5 Å². The Hall–Kier alpha value is -3.21. The molecule has 0 radical (unpaired) electrons. The largest absolute Gasteiger partial charge is 0.465 e. The van der Waals surface area contributed by atoms with Crippen LogP contribution < -0.4 is 4.90 Å². The molecule has 4 heterocycles. The lowest BCUT2D eigenvalue weighted by Gasteiger charge is -2.28. The molecule has 11 heteroatoms. The number of benzene rings is 1. The van der Waals surface area contributed by atoms with Crippen LogP contribution in [-0.4, -0.2) is 65.5 Å². The molecule has 31 heavy (non-hydrogen) atoms.